The van der Waals surface area contributed by atoms with Crippen LogP contribution in [0.3, 0.4) is 0 Å². The second-order valence-corrected chi connectivity index (χ2v) is 12.3. The van der Waals surface area contributed by atoms with Gasteiger partial charge in [-0.1, -0.05) is 13.8 Å². The molecule has 2 fully saturated rings. The number of carbonyl (C=O) groups is 1. The minimum Gasteiger partial charge on any atom is -0.497 e. The van der Waals surface area contributed by atoms with Gasteiger partial charge in [0, 0.05) is 41.8 Å². The molecule has 2 aliphatic carbocycles. The average molecular weight is 546 g/mol. The van der Waals surface area contributed by atoms with Crippen molar-refractivity contribution in [2.24, 2.45) is 16.7 Å². The monoisotopic (exact) mass is 545 g/mol. The van der Waals surface area contributed by atoms with Gasteiger partial charge in [0.2, 0.25) is 5.91 Å². The Labute approximate surface area is 228 Å². The summed E-state index contributed by atoms with van der Waals surface area (Å²) in [5.74, 6) is 1.38. The predicted molar refractivity (Wildman–Crippen MR) is 145 cm³/mol. The van der Waals surface area contributed by atoms with Crippen molar-refractivity contribution in [3.05, 3.63) is 28.8 Å². The van der Waals surface area contributed by atoms with Crippen molar-refractivity contribution < 1.29 is 29.2 Å². The zero-order chi connectivity index (χ0) is 27.1. The van der Waals surface area contributed by atoms with Gasteiger partial charge in [0.15, 0.2) is 5.13 Å². The molecule has 38 heavy (non-hydrogen) atoms. The number of anilines is 2. The Bertz CT molecular complexity index is 1170. The minimum atomic E-state index is -0.654. The molecule has 1 aromatic carbocycles. The van der Waals surface area contributed by atoms with E-state index < -0.39 is 11.5 Å². The number of benzene rings is 1. The molecule has 3 aliphatic rings. The van der Waals surface area contributed by atoms with Crippen molar-refractivity contribution in [3.8, 4) is 11.5 Å². The first kappa shape index (κ1) is 27.2. The third-order valence-electron chi connectivity index (χ3n) is 9.28. The van der Waals surface area contributed by atoms with E-state index in [9.17, 15) is 15.0 Å². The number of hydrogen-bond donors (Lipinski definition) is 3. The van der Waals surface area contributed by atoms with Crippen molar-refractivity contribution in [2.75, 3.05) is 52.4 Å². The molecular formula is C28H39N3O6S. The molecule has 1 aliphatic heterocycles. The Balaban J connectivity index is 1.53. The number of aliphatic hydroxyl groups is 2. The Kier molecular flexibility index (Phi) is 7.61. The van der Waals surface area contributed by atoms with E-state index in [0.29, 0.717) is 57.1 Å². The fourth-order valence-corrected chi connectivity index (χ4v) is 7.92. The van der Waals surface area contributed by atoms with E-state index in [1.54, 1.807) is 25.6 Å². The summed E-state index contributed by atoms with van der Waals surface area (Å²) in [5.41, 5.74) is 0.762. The largest absolute Gasteiger partial charge is 0.497 e. The summed E-state index contributed by atoms with van der Waals surface area (Å²) in [5, 5.41) is 25.7. The smallest absolute Gasteiger partial charge is 0.223 e. The van der Waals surface area contributed by atoms with Gasteiger partial charge < -0.3 is 34.6 Å². The molecule has 0 bridgehead atoms. The quantitative estimate of drug-likeness (QED) is 0.484. The van der Waals surface area contributed by atoms with Crippen molar-refractivity contribution >= 4 is 28.1 Å². The first-order valence-electron chi connectivity index (χ1n) is 13.4. The minimum absolute atomic E-state index is 0.0124. The van der Waals surface area contributed by atoms with Crippen molar-refractivity contribution in [1.82, 2.24) is 9.88 Å². The first-order valence-corrected chi connectivity index (χ1v) is 14.2. The van der Waals surface area contributed by atoms with Crippen LogP contribution in [0.4, 0.5) is 10.8 Å². The number of nitrogens with one attached hydrogen (secondary N) is 1. The normalized spacial score (nSPS) is 30.8. The lowest BCUT2D eigenvalue weighted by molar-refractivity contribution is -0.149. The maximum absolute atomic E-state index is 13.5. The molecule has 1 saturated heterocycles. The summed E-state index contributed by atoms with van der Waals surface area (Å²) in [6.45, 7) is 6.45. The van der Waals surface area contributed by atoms with E-state index in [0.717, 1.165) is 27.8 Å². The molecule has 208 valence electrons. The summed E-state index contributed by atoms with van der Waals surface area (Å²) in [6, 6.07) is 5.57. The number of carbonyl (C=O) groups excluding carboxylic acids is 1. The molecule has 1 saturated carbocycles. The topological polar surface area (TPSA) is 113 Å². The number of aromatic nitrogens is 1. The molecule has 5 rings (SSSR count). The zero-order valence-electron chi connectivity index (χ0n) is 22.7. The molecular weight excluding hydrogens is 506 g/mol. The number of rotatable bonds is 7. The van der Waals surface area contributed by atoms with Crippen LogP contribution in [0, 0.1) is 16.7 Å². The fraction of sp³-hybridized carbons (Fsp3) is 0.643. The highest BCUT2D eigenvalue weighted by atomic mass is 32.1. The zero-order valence-corrected chi connectivity index (χ0v) is 23.5. The average Bonchev–Trinajstić information content (AvgIpc) is 3.34. The van der Waals surface area contributed by atoms with Crippen LogP contribution in [-0.4, -0.2) is 79.2 Å². The van der Waals surface area contributed by atoms with E-state index in [-0.39, 0.29) is 29.8 Å². The standard InChI is InChI=1S/C28H39N3O6S/c1-27-8-7-23(33)28(2,16-32)22(27)15-21-25(18(27)14-24(34)31-9-11-37-12-10-31)30-26(38-21)29-19-13-17(35-3)5-6-20(19)36-4/h5-6,13,18,22-23,32-33H,7-12,14-16H2,1-4H3,(H,29,30). The summed E-state index contributed by atoms with van der Waals surface area (Å²) >= 11 is 1.57. The highest BCUT2D eigenvalue weighted by molar-refractivity contribution is 7.15. The van der Waals surface area contributed by atoms with Gasteiger partial charge in [0.25, 0.3) is 0 Å². The summed E-state index contributed by atoms with van der Waals surface area (Å²) in [7, 11) is 3.25. The number of nitrogens with zero attached hydrogens (tertiary/aromatic N) is 2. The Morgan fingerprint density at radius 3 is 2.71 bits per heavy atom. The number of amides is 1. The first-order chi connectivity index (χ1) is 18.2. The number of methoxy groups -OCH3 is 2. The van der Waals surface area contributed by atoms with Gasteiger partial charge in [-0.15, -0.1) is 11.3 Å². The lowest BCUT2D eigenvalue weighted by Crippen LogP contribution is -2.58. The molecule has 1 aromatic heterocycles. The van der Waals surface area contributed by atoms with Crippen molar-refractivity contribution in [1.29, 1.82) is 0 Å². The van der Waals surface area contributed by atoms with Gasteiger partial charge in [0.05, 0.1) is 51.5 Å². The van der Waals surface area contributed by atoms with Gasteiger partial charge >= 0.3 is 0 Å². The number of fused-ring (bicyclic) bond motifs is 2. The third-order valence-corrected chi connectivity index (χ3v) is 10.3. The molecule has 5 unspecified atom stereocenters. The molecule has 2 heterocycles. The highest BCUT2D eigenvalue weighted by Crippen LogP contribution is 2.63. The molecule has 2 aromatic rings. The molecule has 5 atom stereocenters. The van der Waals surface area contributed by atoms with Gasteiger partial charge in [-0.2, -0.15) is 0 Å². The Hall–Kier alpha value is -2.40. The summed E-state index contributed by atoms with van der Waals surface area (Å²) in [4.78, 5) is 21.6. The second-order valence-electron chi connectivity index (χ2n) is 11.2. The molecule has 0 spiro atoms. The van der Waals surface area contributed by atoms with E-state index in [1.807, 2.05) is 30.0 Å². The van der Waals surface area contributed by atoms with E-state index in [4.69, 9.17) is 19.2 Å². The molecule has 9 nitrogen and oxygen atoms in total. The fourth-order valence-electron chi connectivity index (χ4n) is 6.84. The predicted octanol–water partition coefficient (Wildman–Crippen LogP) is 3.57. The van der Waals surface area contributed by atoms with Crippen LogP contribution < -0.4 is 14.8 Å². The lowest BCUT2D eigenvalue weighted by Gasteiger charge is -2.58. The summed E-state index contributed by atoms with van der Waals surface area (Å²) < 4.78 is 16.4. The van der Waals surface area contributed by atoms with E-state index >= 15 is 0 Å². The van der Waals surface area contributed by atoms with Crippen molar-refractivity contribution in [3.63, 3.8) is 0 Å². The number of thiazole rings is 1. The van der Waals surface area contributed by atoms with Gasteiger partial charge in [-0.25, -0.2) is 4.98 Å². The Morgan fingerprint density at radius 2 is 2.03 bits per heavy atom. The molecule has 1 amide bonds. The van der Waals surface area contributed by atoms with Crippen LogP contribution in [0.5, 0.6) is 11.5 Å². The van der Waals surface area contributed by atoms with Gasteiger partial charge in [0.1, 0.15) is 11.5 Å². The van der Waals surface area contributed by atoms with Gasteiger partial charge in [-0.3, -0.25) is 4.79 Å². The van der Waals surface area contributed by atoms with Crippen molar-refractivity contribution in [2.45, 2.75) is 51.6 Å². The second kappa shape index (κ2) is 10.6. The highest BCUT2D eigenvalue weighted by Gasteiger charge is 2.59. The number of hydrogen-bond acceptors (Lipinski definition) is 9. The van der Waals surface area contributed by atoms with Crippen LogP contribution in [-0.2, 0) is 16.0 Å². The number of aliphatic hydroxyl groups excluding tert-OH is 2. The van der Waals surface area contributed by atoms with Crippen LogP contribution >= 0.6 is 11.3 Å². The van der Waals surface area contributed by atoms with E-state index in [2.05, 4.69) is 12.2 Å². The number of ether oxygens (including phenoxy) is 3. The Morgan fingerprint density at radius 1 is 1.26 bits per heavy atom. The maximum atomic E-state index is 13.5. The van der Waals surface area contributed by atoms with Crippen LogP contribution in [0.1, 0.15) is 49.6 Å². The van der Waals surface area contributed by atoms with Crippen LogP contribution in [0.25, 0.3) is 0 Å². The SMILES string of the molecule is COc1ccc(OC)c(Nc2nc3c(s2)CC2C(C)(CO)C(O)CCC2(C)C3CC(=O)N2CCOCC2)c1. The molecule has 10 heteroatoms. The van der Waals surface area contributed by atoms with E-state index in [1.165, 1.54) is 0 Å². The number of morpholine rings is 1. The van der Waals surface area contributed by atoms with Crippen LogP contribution in [0.15, 0.2) is 18.2 Å². The summed E-state index contributed by atoms with van der Waals surface area (Å²) in [6.07, 6.45) is 1.84. The van der Waals surface area contributed by atoms with Crippen LogP contribution in [0.2, 0.25) is 0 Å². The molecule has 3 N–H and O–H groups in total. The molecule has 0 radical (unpaired) electrons. The maximum Gasteiger partial charge on any atom is 0.223 e. The van der Waals surface area contributed by atoms with Gasteiger partial charge in [-0.05, 0) is 42.7 Å². The third kappa shape index (κ3) is 4.65. The lowest BCUT2D eigenvalue weighted by atomic mass is 9.47.